The highest BCUT2D eigenvalue weighted by molar-refractivity contribution is 5.78. The van der Waals surface area contributed by atoms with E-state index in [4.69, 9.17) is 24.4 Å². The van der Waals surface area contributed by atoms with E-state index in [0.717, 1.165) is 5.56 Å². The second-order valence-corrected chi connectivity index (χ2v) is 10.2. The number of carboxylic acid groups (broad SMARTS) is 2. The SMILES string of the molecule is Cc1cc(O)n(CC(=O)NCCOCCOCCOCCNC(=O)CN2CCN(CC(=O)O)CCN(CC(=O)O)CC2)c1. The number of nitrogens with zero attached hydrogens (tertiary/aromatic N) is 4. The number of carbonyl (C=O) groups is 4. The van der Waals surface area contributed by atoms with Crippen LogP contribution >= 0.6 is 0 Å². The zero-order chi connectivity index (χ0) is 31.5. The summed E-state index contributed by atoms with van der Waals surface area (Å²) in [6.07, 6.45) is 1.70. The summed E-state index contributed by atoms with van der Waals surface area (Å²) in [5.74, 6) is -2.27. The van der Waals surface area contributed by atoms with Gasteiger partial charge in [-0.1, -0.05) is 0 Å². The fourth-order valence-electron chi connectivity index (χ4n) is 4.34. The summed E-state index contributed by atoms with van der Waals surface area (Å²) in [6.45, 7) is 7.26. The van der Waals surface area contributed by atoms with Crippen LogP contribution in [0.15, 0.2) is 12.3 Å². The van der Waals surface area contributed by atoms with E-state index >= 15 is 0 Å². The van der Waals surface area contributed by atoms with Crippen LogP contribution in [0.2, 0.25) is 0 Å². The molecule has 0 aliphatic carbocycles. The number of carboxylic acids is 2. The number of rotatable bonds is 20. The Kier molecular flexibility index (Phi) is 17.2. The van der Waals surface area contributed by atoms with Crippen molar-refractivity contribution in [3.05, 3.63) is 17.8 Å². The fraction of sp³-hybridized carbons (Fsp3) is 0.704. The van der Waals surface area contributed by atoms with E-state index in [9.17, 15) is 24.3 Å². The lowest BCUT2D eigenvalue weighted by atomic mass is 10.4. The molecule has 244 valence electrons. The fourth-order valence-corrected chi connectivity index (χ4v) is 4.34. The highest BCUT2D eigenvalue weighted by Crippen LogP contribution is 2.13. The maximum Gasteiger partial charge on any atom is 0.317 e. The molecule has 0 bridgehead atoms. The van der Waals surface area contributed by atoms with Gasteiger partial charge in [0.05, 0.1) is 59.3 Å². The van der Waals surface area contributed by atoms with Gasteiger partial charge in [0.2, 0.25) is 11.8 Å². The summed E-state index contributed by atoms with van der Waals surface area (Å²) < 4.78 is 17.8. The van der Waals surface area contributed by atoms with Crippen molar-refractivity contribution < 1.29 is 48.7 Å². The minimum absolute atomic E-state index is 0.0367. The smallest absolute Gasteiger partial charge is 0.317 e. The molecular weight excluding hydrogens is 568 g/mol. The molecule has 16 nitrogen and oxygen atoms in total. The van der Waals surface area contributed by atoms with Crippen LogP contribution in [0.3, 0.4) is 0 Å². The van der Waals surface area contributed by atoms with Gasteiger partial charge >= 0.3 is 11.9 Å². The molecule has 1 aromatic rings. The molecule has 1 aliphatic heterocycles. The largest absolute Gasteiger partial charge is 0.494 e. The maximum absolute atomic E-state index is 12.4. The lowest BCUT2D eigenvalue weighted by molar-refractivity contribution is -0.140. The molecule has 0 spiro atoms. The lowest BCUT2D eigenvalue weighted by Crippen LogP contribution is -2.43. The van der Waals surface area contributed by atoms with E-state index in [1.807, 2.05) is 11.8 Å². The van der Waals surface area contributed by atoms with Crippen LogP contribution in [0.5, 0.6) is 5.88 Å². The molecule has 0 atom stereocenters. The normalized spacial score (nSPS) is 15.4. The minimum atomic E-state index is -0.951. The van der Waals surface area contributed by atoms with Crippen molar-refractivity contribution in [1.82, 2.24) is 29.9 Å². The number of aliphatic carboxylic acids is 2. The van der Waals surface area contributed by atoms with E-state index < -0.39 is 11.9 Å². The summed E-state index contributed by atoms with van der Waals surface area (Å²) in [6, 6.07) is 1.59. The van der Waals surface area contributed by atoms with E-state index in [1.165, 1.54) is 4.57 Å². The van der Waals surface area contributed by atoms with Gasteiger partial charge in [0.1, 0.15) is 6.54 Å². The molecule has 2 rings (SSSR count). The Morgan fingerprint density at radius 2 is 1.07 bits per heavy atom. The van der Waals surface area contributed by atoms with Crippen LogP contribution in [0.1, 0.15) is 5.56 Å². The number of aromatic nitrogens is 1. The standard InChI is InChI=1S/C27H46N6O10/c1-22-16-25(36)33(17-22)19-24(35)29-3-11-42-13-15-43-14-12-41-10-2-28-23(34)18-30-4-6-31(20-26(37)38)8-9-32(7-5-30)21-27(39)40/h16-17,36H,2-15,18-21H2,1H3,(H,28,34)(H,29,35)(H,37,38)(H,39,40). The molecule has 2 heterocycles. The second-order valence-electron chi connectivity index (χ2n) is 10.2. The van der Waals surface area contributed by atoms with Crippen molar-refractivity contribution in [1.29, 1.82) is 0 Å². The molecule has 2 amide bonds. The van der Waals surface area contributed by atoms with Crippen LogP contribution < -0.4 is 10.6 Å². The Hall–Kier alpha value is -3.28. The highest BCUT2D eigenvalue weighted by Gasteiger charge is 2.20. The molecule has 1 saturated heterocycles. The lowest BCUT2D eigenvalue weighted by Gasteiger charge is -2.24. The van der Waals surface area contributed by atoms with Gasteiger partial charge in [-0.15, -0.1) is 0 Å². The molecule has 0 radical (unpaired) electrons. The topological polar surface area (TPSA) is 195 Å². The predicted molar refractivity (Wildman–Crippen MR) is 154 cm³/mol. The van der Waals surface area contributed by atoms with Crippen LogP contribution in [0.4, 0.5) is 0 Å². The number of aryl methyl sites for hydroxylation is 1. The quantitative estimate of drug-likeness (QED) is 0.100. The number of hydrogen-bond donors (Lipinski definition) is 5. The van der Waals surface area contributed by atoms with Crippen LogP contribution in [0, 0.1) is 6.92 Å². The Balaban J connectivity index is 1.47. The number of hydrogen-bond acceptors (Lipinski definition) is 11. The number of nitrogens with one attached hydrogen (secondary N) is 2. The van der Waals surface area contributed by atoms with Crippen LogP contribution in [-0.4, -0.2) is 170 Å². The van der Waals surface area contributed by atoms with Crippen molar-refractivity contribution in [2.24, 2.45) is 0 Å². The van der Waals surface area contributed by atoms with Crippen LogP contribution in [0.25, 0.3) is 0 Å². The maximum atomic E-state index is 12.4. The molecule has 1 aliphatic rings. The molecule has 43 heavy (non-hydrogen) atoms. The number of aromatic hydroxyl groups is 1. The third kappa shape index (κ3) is 16.8. The first-order valence-electron chi connectivity index (χ1n) is 14.4. The van der Waals surface area contributed by atoms with Gasteiger partial charge in [-0.25, -0.2) is 0 Å². The Morgan fingerprint density at radius 1 is 0.674 bits per heavy atom. The van der Waals surface area contributed by atoms with Crippen LogP contribution in [-0.2, 0) is 39.9 Å². The average molecular weight is 615 g/mol. The third-order valence-electron chi connectivity index (χ3n) is 6.49. The zero-order valence-corrected chi connectivity index (χ0v) is 24.9. The van der Waals surface area contributed by atoms with Gasteiger partial charge in [-0.3, -0.25) is 33.9 Å². The average Bonchev–Trinajstić information content (AvgIpc) is 3.28. The third-order valence-corrected chi connectivity index (χ3v) is 6.49. The minimum Gasteiger partial charge on any atom is -0.494 e. The number of ether oxygens (including phenoxy) is 3. The molecule has 0 unspecified atom stereocenters. The van der Waals surface area contributed by atoms with Crippen molar-refractivity contribution in [3.8, 4) is 5.88 Å². The summed E-state index contributed by atoms with van der Waals surface area (Å²) in [5, 5.41) is 33.5. The highest BCUT2D eigenvalue weighted by atomic mass is 16.5. The first-order chi connectivity index (χ1) is 20.6. The first-order valence-corrected chi connectivity index (χ1v) is 14.4. The molecule has 0 aromatic carbocycles. The Bertz CT molecular complexity index is 979. The predicted octanol–water partition coefficient (Wildman–Crippen LogP) is -2.13. The number of amides is 2. The molecule has 0 saturated carbocycles. The van der Waals surface area contributed by atoms with E-state index in [1.54, 1.807) is 22.1 Å². The first kappa shape index (κ1) is 35.9. The molecule has 1 fully saturated rings. The van der Waals surface area contributed by atoms with Gasteiger partial charge in [0.15, 0.2) is 5.88 Å². The molecule has 16 heteroatoms. The van der Waals surface area contributed by atoms with Gasteiger partial charge in [0, 0.05) is 64.6 Å². The Labute approximate surface area is 251 Å². The van der Waals surface area contributed by atoms with Crippen molar-refractivity contribution >= 4 is 23.8 Å². The van der Waals surface area contributed by atoms with Crippen molar-refractivity contribution in [3.63, 3.8) is 0 Å². The van der Waals surface area contributed by atoms with Gasteiger partial charge in [0.25, 0.3) is 0 Å². The summed E-state index contributed by atoms with van der Waals surface area (Å²) in [7, 11) is 0. The number of carbonyl (C=O) groups excluding carboxylic acids is 2. The monoisotopic (exact) mass is 614 g/mol. The van der Waals surface area contributed by atoms with E-state index in [0.29, 0.717) is 92.0 Å². The summed E-state index contributed by atoms with van der Waals surface area (Å²) in [4.78, 5) is 52.1. The van der Waals surface area contributed by atoms with Gasteiger partial charge < -0.3 is 44.7 Å². The summed E-state index contributed by atoms with van der Waals surface area (Å²) >= 11 is 0. The van der Waals surface area contributed by atoms with E-state index in [-0.39, 0.29) is 43.9 Å². The van der Waals surface area contributed by atoms with Gasteiger partial charge in [-0.2, -0.15) is 0 Å². The molecular formula is C27H46N6O10. The molecule has 5 N–H and O–H groups in total. The van der Waals surface area contributed by atoms with E-state index in [2.05, 4.69) is 10.6 Å². The second kappa shape index (κ2) is 20.6. The van der Waals surface area contributed by atoms with Gasteiger partial charge in [-0.05, 0) is 12.5 Å². The Morgan fingerprint density at radius 3 is 1.47 bits per heavy atom. The van der Waals surface area contributed by atoms with Crippen molar-refractivity contribution in [2.75, 3.05) is 112 Å². The molecule has 1 aromatic heterocycles. The summed E-state index contributed by atoms with van der Waals surface area (Å²) in [5.41, 5.74) is 0.875. The van der Waals surface area contributed by atoms with Crippen molar-refractivity contribution in [2.45, 2.75) is 13.5 Å². The zero-order valence-electron chi connectivity index (χ0n) is 24.9.